The molecule has 1 aliphatic carbocycles. The molecule has 1 aliphatic rings. The highest BCUT2D eigenvalue weighted by Gasteiger charge is 2.18. The van der Waals surface area contributed by atoms with Gasteiger partial charge in [0.05, 0.1) is 18.8 Å². The monoisotopic (exact) mass is 547 g/mol. The first-order valence-electron chi connectivity index (χ1n) is 10.9. The van der Waals surface area contributed by atoms with Gasteiger partial charge in [0.2, 0.25) is 11.8 Å². The largest absolute Gasteiger partial charge is 0.474 e. The van der Waals surface area contributed by atoms with Crippen LogP contribution in [-0.4, -0.2) is 28.6 Å². The van der Waals surface area contributed by atoms with Crippen molar-refractivity contribution in [3.05, 3.63) is 66.2 Å². The van der Waals surface area contributed by atoms with E-state index in [9.17, 15) is 0 Å². The molecule has 0 aliphatic heterocycles. The van der Waals surface area contributed by atoms with E-state index in [2.05, 4.69) is 20.6 Å². The highest BCUT2D eigenvalue weighted by atomic mass is 127. The molecule has 32 heavy (non-hydrogen) atoms. The summed E-state index contributed by atoms with van der Waals surface area (Å²) in [4.78, 5) is 13.7. The molecule has 170 valence electrons. The first-order chi connectivity index (χ1) is 15.3. The van der Waals surface area contributed by atoms with Gasteiger partial charge in [-0.05, 0) is 50.8 Å². The van der Waals surface area contributed by atoms with E-state index in [1.54, 1.807) is 12.5 Å². The van der Waals surface area contributed by atoms with Crippen molar-refractivity contribution >= 4 is 29.9 Å². The van der Waals surface area contributed by atoms with Gasteiger partial charge in [-0.2, -0.15) is 0 Å². The average molecular weight is 547 g/mol. The summed E-state index contributed by atoms with van der Waals surface area (Å²) in [6.07, 6.45) is 8.39. The van der Waals surface area contributed by atoms with Gasteiger partial charge in [-0.3, -0.25) is 0 Å². The van der Waals surface area contributed by atoms with Crippen molar-refractivity contribution in [1.29, 1.82) is 0 Å². The van der Waals surface area contributed by atoms with Crippen molar-refractivity contribution < 1.29 is 9.15 Å². The van der Waals surface area contributed by atoms with Crippen LogP contribution in [0.2, 0.25) is 0 Å². The topological polar surface area (TPSA) is 84.6 Å². The van der Waals surface area contributed by atoms with Crippen LogP contribution in [0.4, 0.5) is 0 Å². The van der Waals surface area contributed by atoms with E-state index in [4.69, 9.17) is 14.1 Å². The zero-order chi connectivity index (χ0) is 21.3. The van der Waals surface area contributed by atoms with Gasteiger partial charge in [0.15, 0.2) is 5.96 Å². The van der Waals surface area contributed by atoms with Crippen LogP contribution in [-0.2, 0) is 13.1 Å². The molecule has 2 heterocycles. The molecule has 0 amide bonds. The maximum atomic E-state index is 6.13. The van der Waals surface area contributed by atoms with Gasteiger partial charge >= 0.3 is 0 Å². The van der Waals surface area contributed by atoms with E-state index in [0.29, 0.717) is 30.8 Å². The standard InChI is InChI=1S/C24H29N5O2.HI/c1-2-25-24(28-16-20-17-30-23(29-20)18-9-4-3-5-10-18)27-15-19-11-8-14-26-22(19)31-21-12-6-7-13-21;/h3-5,8-11,14,17,21H,2,6-7,12-13,15-16H2,1H3,(H2,25,27,28);1H. The summed E-state index contributed by atoms with van der Waals surface area (Å²) in [6.45, 7) is 3.80. The normalized spacial score (nSPS) is 14.1. The van der Waals surface area contributed by atoms with Crippen LogP contribution in [0.15, 0.2) is 64.3 Å². The fraction of sp³-hybridized carbons (Fsp3) is 0.375. The third kappa shape index (κ3) is 6.69. The van der Waals surface area contributed by atoms with Crippen molar-refractivity contribution in [3.8, 4) is 17.3 Å². The highest BCUT2D eigenvalue weighted by molar-refractivity contribution is 14.0. The minimum Gasteiger partial charge on any atom is -0.474 e. The third-order valence-corrected chi connectivity index (χ3v) is 5.19. The van der Waals surface area contributed by atoms with Gasteiger partial charge in [0, 0.05) is 23.9 Å². The van der Waals surface area contributed by atoms with E-state index in [-0.39, 0.29) is 30.1 Å². The molecule has 0 atom stereocenters. The predicted octanol–water partition coefficient (Wildman–Crippen LogP) is 4.93. The first kappa shape index (κ1) is 24.0. The Kier molecular flexibility index (Phi) is 9.33. The van der Waals surface area contributed by atoms with E-state index in [1.165, 1.54) is 12.8 Å². The highest BCUT2D eigenvalue weighted by Crippen LogP contribution is 2.25. The van der Waals surface area contributed by atoms with Crippen LogP contribution in [0.25, 0.3) is 11.5 Å². The van der Waals surface area contributed by atoms with Crippen LogP contribution >= 0.6 is 24.0 Å². The van der Waals surface area contributed by atoms with Crippen LogP contribution in [0, 0.1) is 0 Å². The molecule has 7 nitrogen and oxygen atoms in total. The van der Waals surface area contributed by atoms with Crippen molar-refractivity contribution in [1.82, 2.24) is 20.6 Å². The number of hydrogen-bond donors (Lipinski definition) is 2. The minimum atomic E-state index is 0. The molecule has 0 spiro atoms. The van der Waals surface area contributed by atoms with Gasteiger partial charge in [0.25, 0.3) is 0 Å². The lowest BCUT2D eigenvalue weighted by atomic mass is 10.2. The Labute approximate surface area is 206 Å². The molecule has 4 rings (SSSR count). The zero-order valence-electron chi connectivity index (χ0n) is 18.3. The molecule has 8 heteroatoms. The van der Waals surface area contributed by atoms with Gasteiger partial charge in [-0.25, -0.2) is 15.0 Å². The molecule has 2 N–H and O–H groups in total. The summed E-state index contributed by atoms with van der Waals surface area (Å²) in [6, 6.07) is 13.8. The number of oxazole rings is 1. The zero-order valence-corrected chi connectivity index (χ0v) is 20.6. The Bertz CT molecular complexity index is 987. The number of aliphatic imine (C=N–C) groups is 1. The Morgan fingerprint density at radius 3 is 2.72 bits per heavy atom. The summed E-state index contributed by atoms with van der Waals surface area (Å²) in [5.41, 5.74) is 2.76. The van der Waals surface area contributed by atoms with Crippen LogP contribution < -0.4 is 15.4 Å². The molecule has 3 aromatic rings. The predicted molar refractivity (Wildman–Crippen MR) is 136 cm³/mol. The van der Waals surface area contributed by atoms with Crippen molar-refractivity contribution in [2.45, 2.75) is 51.8 Å². The number of pyridine rings is 1. The van der Waals surface area contributed by atoms with Gasteiger partial charge < -0.3 is 19.8 Å². The van der Waals surface area contributed by atoms with E-state index in [0.717, 1.165) is 36.2 Å². The summed E-state index contributed by atoms with van der Waals surface area (Å²) >= 11 is 0. The van der Waals surface area contributed by atoms with E-state index < -0.39 is 0 Å². The molecule has 1 saturated carbocycles. The van der Waals surface area contributed by atoms with E-state index in [1.807, 2.05) is 49.4 Å². The molecular formula is C24H30IN5O2. The minimum absolute atomic E-state index is 0. The summed E-state index contributed by atoms with van der Waals surface area (Å²) < 4.78 is 11.7. The quantitative estimate of drug-likeness (QED) is 0.237. The van der Waals surface area contributed by atoms with Gasteiger partial charge in [-0.15, -0.1) is 24.0 Å². The summed E-state index contributed by atoms with van der Waals surface area (Å²) in [5, 5.41) is 6.59. The van der Waals surface area contributed by atoms with Crippen molar-refractivity contribution in [3.63, 3.8) is 0 Å². The van der Waals surface area contributed by atoms with Crippen molar-refractivity contribution in [2.24, 2.45) is 4.99 Å². The third-order valence-electron chi connectivity index (χ3n) is 5.19. The molecule has 2 aromatic heterocycles. The molecule has 0 unspecified atom stereocenters. The lowest BCUT2D eigenvalue weighted by Gasteiger charge is -2.15. The van der Waals surface area contributed by atoms with Crippen molar-refractivity contribution in [2.75, 3.05) is 6.54 Å². The first-order valence-corrected chi connectivity index (χ1v) is 10.9. The maximum Gasteiger partial charge on any atom is 0.226 e. The number of nitrogens with one attached hydrogen (secondary N) is 2. The lowest BCUT2D eigenvalue weighted by Crippen LogP contribution is -2.36. The van der Waals surface area contributed by atoms with Gasteiger partial charge in [0.1, 0.15) is 12.4 Å². The number of hydrogen-bond acceptors (Lipinski definition) is 5. The second-order valence-electron chi connectivity index (χ2n) is 7.55. The Morgan fingerprint density at radius 2 is 1.94 bits per heavy atom. The Hall–Kier alpha value is -2.62. The molecule has 0 radical (unpaired) electrons. The molecule has 0 saturated heterocycles. The van der Waals surface area contributed by atoms with E-state index >= 15 is 0 Å². The van der Waals surface area contributed by atoms with Gasteiger partial charge in [-0.1, -0.05) is 24.3 Å². The summed E-state index contributed by atoms with van der Waals surface area (Å²) in [5.74, 6) is 2.02. The molecule has 1 aromatic carbocycles. The summed E-state index contributed by atoms with van der Waals surface area (Å²) in [7, 11) is 0. The maximum absolute atomic E-state index is 6.13. The second-order valence-corrected chi connectivity index (χ2v) is 7.55. The fourth-order valence-corrected chi connectivity index (χ4v) is 3.60. The lowest BCUT2D eigenvalue weighted by molar-refractivity contribution is 0.199. The average Bonchev–Trinajstić information content (AvgIpc) is 3.49. The fourth-order valence-electron chi connectivity index (χ4n) is 3.60. The smallest absolute Gasteiger partial charge is 0.226 e. The number of aromatic nitrogens is 2. The molecule has 1 fully saturated rings. The Balaban J connectivity index is 0.00000289. The number of ether oxygens (including phenoxy) is 1. The number of guanidine groups is 1. The second kappa shape index (κ2) is 12.4. The van der Waals surface area contributed by atoms with Crippen LogP contribution in [0.5, 0.6) is 5.88 Å². The number of halogens is 1. The SMILES string of the molecule is CCNC(=NCc1cccnc1OC1CCCC1)NCc1coc(-c2ccccc2)n1.I. The van der Waals surface area contributed by atoms with Crippen LogP contribution in [0.3, 0.4) is 0 Å². The number of benzene rings is 1. The molecular weight excluding hydrogens is 517 g/mol. The Morgan fingerprint density at radius 1 is 1.12 bits per heavy atom. The van der Waals surface area contributed by atoms with Crippen LogP contribution in [0.1, 0.15) is 43.9 Å². The number of nitrogens with zero attached hydrogens (tertiary/aromatic N) is 3. The molecule has 0 bridgehead atoms. The number of rotatable bonds is 8.